The molecule has 418 valence electrons. The lowest BCUT2D eigenvalue weighted by molar-refractivity contribution is 0.0277. The molecule has 0 spiro atoms. The van der Waals surface area contributed by atoms with Crippen LogP contribution in [0.1, 0.15) is 121 Å². The molecule has 84 heavy (non-hydrogen) atoms. The average molecular weight is 1100 g/mol. The van der Waals surface area contributed by atoms with Crippen molar-refractivity contribution in [3.8, 4) is 0 Å². The minimum atomic E-state index is -1.30. The van der Waals surface area contributed by atoms with Gasteiger partial charge in [0.1, 0.15) is 22.3 Å². The molecule has 10 aromatic carbocycles. The maximum Gasteiger partial charge on any atom is 0.135 e. The summed E-state index contributed by atoms with van der Waals surface area (Å²) in [5.41, 5.74) is 9.07. The van der Waals surface area contributed by atoms with Gasteiger partial charge in [0.25, 0.3) is 0 Å². The van der Waals surface area contributed by atoms with E-state index in [4.69, 9.17) is 9.97 Å². The van der Waals surface area contributed by atoms with Crippen LogP contribution in [-0.2, 0) is 22.3 Å². The van der Waals surface area contributed by atoms with Gasteiger partial charge in [0.2, 0.25) is 0 Å². The molecule has 0 fully saturated rings. The Morgan fingerprint density at radius 1 is 0.369 bits per heavy atom. The third-order valence-corrected chi connectivity index (χ3v) is 17.3. The van der Waals surface area contributed by atoms with Crippen LogP contribution in [0, 0.1) is 11.8 Å². The Kier molecular flexibility index (Phi) is 15.9. The van der Waals surface area contributed by atoms with E-state index in [9.17, 15) is 10.2 Å². The van der Waals surface area contributed by atoms with Gasteiger partial charge < -0.3 is 19.3 Å². The zero-order chi connectivity index (χ0) is 58.6. The third-order valence-electron chi connectivity index (χ3n) is 17.3. The highest BCUT2D eigenvalue weighted by atomic mass is 16.3. The largest absolute Gasteiger partial charge is 0.378 e. The first-order valence-corrected chi connectivity index (χ1v) is 29.3. The monoisotopic (exact) mass is 1100 g/mol. The Hall–Kier alpha value is -9.20. The molecule has 12 rings (SSSR count). The number of aliphatic hydroxyl groups is 2. The molecular weight excluding hydrogens is 1020 g/mol. The summed E-state index contributed by atoms with van der Waals surface area (Å²) in [5, 5.41) is 29.6. The van der Waals surface area contributed by atoms with Gasteiger partial charge in [-0.1, -0.05) is 290 Å². The summed E-state index contributed by atoms with van der Waals surface area (Å²) in [4.78, 5) is 9.91. The van der Waals surface area contributed by atoms with E-state index in [0.717, 1.165) is 71.8 Å². The lowest BCUT2D eigenvalue weighted by Crippen LogP contribution is -2.37. The van der Waals surface area contributed by atoms with Crippen molar-refractivity contribution in [2.24, 2.45) is 11.8 Å². The van der Waals surface area contributed by atoms with E-state index >= 15 is 0 Å². The lowest BCUT2D eigenvalue weighted by Gasteiger charge is -2.37. The minimum absolute atomic E-state index is 0.118. The molecule has 0 aliphatic heterocycles. The van der Waals surface area contributed by atoms with E-state index in [1.165, 1.54) is 10.9 Å². The van der Waals surface area contributed by atoms with E-state index in [1.54, 1.807) is 0 Å². The van der Waals surface area contributed by atoms with Crippen LogP contribution in [0.5, 0.6) is 0 Å². The SMILES string of the molecule is C=C(C)c1ccc2cc(C(O)(c3cn(C(c4ccccc4)(c4ccccc4)c4ccccc4)cn3)C(C)C)ccc2c1.CC(C)c1ccc2cc(C(O)(c3cn(C(c4ccccc4)(c4ccccc4)c4ccccc4)cn3)C(C)C)ccc2c1. The fourth-order valence-electron chi connectivity index (χ4n) is 12.5. The quantitative estimate of drug-likeness (QED) is 0.0946. The summed E-state index contributed by atoms with van der Waals surface area (Å²) in [5.74, 6) is 0.213. The van der Waals surface area contributed by atoms with Crippen molar-refractivity contribution in [3.63, 3.8) is 0 Å². The zero-order valence-electron chi connectivity index (χ0n) is 49.2. The highest BCUT2D eigenvalue weighted by Crippen LogP contribution is 2.46. The zero-order valence-corrected chi connectivity index (χ0v) is 49.2. The van der Waals surface area contributed by atoms with Gasteiger partial charge in [0.05, 0.1) is 24.0 Å². The Labute approximate surface area is 495 Å². The van der Waals surface area contributed by atoms with E-state index in [1.807, 2.05) is 88.3 Å². The number of nitrogens with zero attached hydrogens (tertiary/aromatic N) is 4. The molecule has 6 heteroatoms. The van der Waals surface area contributed by atoms with E-state index < -0.39 is 22.3 Å². The number of rotatable bonds is 16. The summed E-state index contributed by atoms with van der Waals surface area (Å²) < 4.78 is 4.33. The van der Waals surface area contributed by atoms with Crippen LogP contribution in [0.2, 0.25) is 0 Å². The molecule has 2 N–H and O–H groups in total. The summed E-state index contributed by atoms with van der Waals surface area (Å²) in [6.07, 6.45) is 7.82. The second kappa shape index (κ2) is 23.6. The second-order valence-corrected chi connectivity index (χ2v) is 23.3. The first-order chi connectivity index (χ1) is 40.7. The lowest BCUT2D eigenvalue weighted by atomic mass is 9.76. The van der Waals surface area contributed by atoms with Gasteiger partial charge in [-0.05, 0) is 120 Å². The second-order valence-electron chi connectivity index (χ2n) is 23.3. The maximum atomic E-state index is 12.5. The van der Waals surface area contributed by atoms with Crippen LogP contribution in [0.4, 0.5) is 0 Å². The summed E-state index contributed by atoms with van der Waals surface area (Å²) in [6, 6.07) is 88.7. The van der Waals surface area contributed by atoms with Crippen LogP contribution >= 0.6 is 0 Å². The molecule has 12 aromatic rings. The Morgan fingerprint density at radius 3 is 0.976 bits per heavy atom. The van der Waals surface area contributed by atoms with Gasteiger partial charge in [-0.15, -0.1) is 0 Å². The molecule has 2 heterocycles. The third kappa shape index (κ3) is 10.1. The van der Waals surface area contributed by atoms with E-state index in [-0.39, 0.29) is 11.8 Å². The van der Waals surface area contributed by atoms with Gasteiger partial charge in [-0.3, -0.25) is 0 Å². The standard InChI is InChI=1S/C39H38N2O.C39H36N2O/c2*1-28(2)30-20-21-32-25-36(23-22-31(32)24-30)39(42,29(3)4)37-26-41(27-40-37)38(33-14-8-5-9-15-33,34-16-10-6-11-17-34)35-18-12-7-13-19-35/h5-29,42H,1-4H3;5-27,29,42H,1H2,2-4H3. The van der Waals surface area contributed by atoms with Crippen molar-refractivity contribution in [1.29, 1.82) is 0 Å². The number of imidazole rings is 2. The minimum Gasteiger partial charge on any atom is -0.378 e. The summed E-state index contributed by atoms with van der Waals surface area (Å²) in [6.45, 7) is 18.7. The van der Waals surface area contributed by atoms with E-state index in [0.29, 0.717) is 17.3 Å². The molecule has 2 aromatic heterocycles. The van der Waals surface area contributed by atoms with Crippen molar-refractivity contribution in [3.05, 3.63) is 353 Å². The Bertz CT molecular complexity index is 3980. The normalized spacial score (nSPS) is 13.4. The van der Waals surface area contributed by atoms with Crippen LogP contribution < -0.4 is 0 Å². The predicted octanol–water partition coefficient (Wildman–Crippen LogP) is 17.7. The van der Waals surface area contributed by atoms with Crippen molar-refractivity contribution in [2.75, 3.05) is 0 Å². The molecule has 0 radical (unpaired) electrons. The molecule has 0 aliphatic carbocycles. The number of benzene rings is 10. The Balaban J connectivity index is 0.000000175. The molecule has 0 aliphatic rings. The van der Waals surface area contributed by atoms with Gasteiger partial charge in [0, 0.05) is 12.4 Å². The first kappa shape index (κ1) is 56.7. The highest BCUT2D eigenvalue weighted by molar-refractivity contribution is 5.87. The summed E-state index contributed by atoms with van der Waals surface area (Å²) in [7, 11) is 0. The van der Waals surface area contributed by atoms with Crippen molar-refractivity contribution < 1.29 is 10.2 Å². The molecule has 0 saturated heterocycles. The highest BCUT2D eigenvalue weighted by Gasteiger charge is 2.44. The van der Waals surface area contributed by atoms with Crippen LogP contribution in [0.25, 0.3) is 27.1 Å². The smallest absolute Gasteiger partial charge is 0.135 e. The molecular formula is C78H74N4O2. The number of hydrogen-bond donors (Lipinski definition) is 2. The van der Waals surface area contributed by atoms with Crippen LogP contribution in [0.3, 0.4) is 0 Å². The van der Waals surface area contributed by atoms with Gasteiger partial charge in [-0.25, -0.2) is 9.97 Å². The van der Waals surface area contributed by atoms with Crippen LogP contribution in [-0.4, -0.2) is 29.3 Å². The predicted molar refractivity (Wildman–Crippen MR) is 346 cm³/mol. The van der Waals surface area contributed by atoms with Crippen molar-refractivity contribution >= 4 is 27.1 Å². The molecule has 0 amide bonds. The van der Waals surface area contributed by atoms with Gasteiger partial charge in [-0.2, -0.15) is 0 Å². The van der Waals surface area contributed by atoms with Gasteiger partial charge >= 0.3 is 0 Å². The van der Waals surface area contributed by atoms with E-state index in [2.05, 4.69) is 256 Å². The fourth-order valence-corrected chi connectivity index (χ4v) is 12.5. The number of allylic oxidation sites excluding steroid dienone is 1. The van der Waals surface area contributed by atoms with Gasteiger partial charge in [0.15, 0.2) is 0 Å². The Morgan fingerprint density at radius 2 is 0.667 bits per heavy atom. The van der Waals surface area contributed by atoms with Crippen molar-refractivity contribution in [2.45, 2.75) is 76.7 Å². The van der Waals surface area contributed by atoms with Crippen LogP contribution in [0.15, 0.2) is 286 Å². The number of hydrogen-bond acceptors (Lipinski definition) is 4. The number of aromatic nitrogens is 4. The first-order valence-electron chi connectivity index (χ1n) is 29.3. The molecule has 2 atom stereocenters. The summed E-state index contributed by atoms with van der Waals surface area (Å²) >= 11 is 0. The molecule has 0 saturated carbocycles. The molecule has 6 nitrogen and oxygen atoms in total. The molecule has 0 bridgehead atoms. The average Bonchev–Trinajstić information content (AvgIpc) is 1.76. The molecule has 2 unspecified atom stereocenters. The number of fused-ring (bicyclic) bond motifs is 2. The fraction of sp³-hybridized carbons (Fsp3) is 0.179. The maximum absolute atomic E-state index is 12.5. The van der Waals surface area contributed by atoms with Crippen molar-refractivity contribution in [1.82, 2.24) is 19.1 Å². The topological polar surface area (TPSA) is 76.1 Å².